The molecule has 1 atom stereocenters. The number of carboxylic acid groups (broad SMARTS) is 1. The fourth-order valence-corrected chi connectivity index (χ4v) is 3.98. The van der Waals surface area contributed by atoms with Crippen LogP contribution in [0.1, 0.15) is 56.6 Å². The van der Waals surface area contributed by atoms with Gasteiger partial charge in [0, 0.05) is 12.8 Å². The Labute approximate surface area is 156 Å². The third-order valence-corrected chi connectivity index (χ3v) is 5.83. The van der Waals surface area contributed by atoms with Crippen LogP contribution in [-0.4, -0.2) is 47.4 Å². The van der Waals surface area contributed by atoms with Crippen LogP contribution in [0.15, 0.2) is 29.4 Å². The van der Waals surface area contributed by atoms with Gasteiger partial charge < -0.3 is 14.8 Å². The van der Waals surface area contributed by atoms with Gasteiger partial charge in [0.05, 0.1) is 11.1 Å². The minimum Gasteiger partial charge on any atom is -0.481 e. The average Bonchev–Trinajstić information content (AvgIpc) is 3.10. The molecule has 3 rings (SSSR count). The van der Waals surface area contributed by atoms with Crippen molar-refractivity contribution in [1.29, 1.82) is 0 Å². The van der Waals surface area contributed by atoms with Crippen LogP contribution in [0.2, 0.25) is 0 Å². The molecule has 1 aromatic rings. The van der Waals surface area contributed by atoms with E-state index in [2.05, 4.69) is 48.2 Å². The van der Waals surface area contributed by atoms with Crippen LogP contribution < -0.4 is 0 Å². The molecule has 0 amide bonds. The van der Waals surface area contributed by atoms with Crippen molar-refractivity contribution < 1.29 is 14.7 Å². The van der Waals surface area contributed by atoms with Crippen molar-refractivity contribution >= 4 is 11.7 Å². The van der Waals surface area contributed by atoms with Crippen molar-refractivity contribution in [3.8, 4) is 0 Å². The molecule has 2 aliphatic heterocycles. The molecule has 5 nitrogen and oxygen atoms in total. The zero-order valence-corrected chi connectivity index (χ0v) is 15.9. The van der Waals surface area contributed by atoms with Gasteiger partial charge in [0.15, 0.2) is 0 Å². The van der Waals surface area contributed by atoms with Crippen molar-refractivity contribution in [2.45, 2.75) is 58.5 Å². The molecule has 1 saturated heterocycles. The average molecular weight is 358 g/mol. The van der Waals surface area contributed by atoms with Gasteiger partial charge in [0.2, 0.25) is 0 Å². The van der Waals surface area contributed by atoms with Gasteiger partial charge in [0.25, 0.3) is 0 Å². The minimum absolute atomic E-state index is 0.135. The molecule has 2 heterocycles. The third kappa shape index (κ3) is 4.26. The Morgan fingerprint density at radius 1 is 1.31 bits per heavy atom. The summed E-state index contributed by atoms with van der Waals surface area (Å²) in [4.78, 5) is 20.1. The van der Waals surface area contributed by atoms with E-state index < -0.39 is 11.4 Å². The predicted molar refractivity (Wildman–Crippen MR) is 102 cm³/mol. The summed E-state index contributed by atoms with van der Waals surface area (Å²) in [5.74, 6) is -0.681. The fourth-order valence-electron chi connectivity index (χ4n) is 3.98. The maximum Gasteiger partial charge on any atom is 0.309 e. The molecule has 5 heteroatoms. The third-order valence-electron chi connectivity index (χ3n) is 5.83. The molecule has 0 saturated carbocycles. The zero-order valence-electron chi connectivity index (χ0n) is 15.9. The first-order chi connectivity index (χ1) is 12.5. The number of rotatable bonds is 7. The van der Waals surface area contributed by atoms with E-state index in [1.807, 2.05) is 0 Å². The van der Waals surface area contributed by atoms with E-state index in [4.69, 9.17) is 4.84 Å². The Morgan fingerprint density at radius 2 is 2.00 bits per heavy atom. The molecule has 0 unspecified atom stereocenters. The number of nitrogens with zero attached hydrogens (tertiary/aromatic N) is 2. The monoisotopic (exact) mass is 358 g/mol. The van der Waals surface area contributed by atoms with Crippen LogP contribution in [0.4, 0.5) is 0 Å². The van der Waals surface area contributed by atoms with Crippen molar-refractivity contribution in [1.82, 2.24) is 4.90 Å². The van der Waals surface area contributed by atoms with Crippen LogP contribution >= 0.6 is 0 Å². The number of aryl methyl sites for hydroxylation is 1. The van der Waals surface area contributed by atoms with Crippen LogP contribution in [0, 0.1) is 12.3 Å². The van der Waals surface area contributed by atoms with Crippen molar-refractivity contribution in [3.05, 3.63) is 35.4 Å². The van der Waals surface area contributed by atoms with E-state index in [1.54, 1.807) is 0 Å². The normalized spacial score (nSPS) is 22.7. The highest BCUT2D eigenvalue weighted by Gasteiger charge is 2.44. The first-order valence-electron chi connectivity index (χ1n) is 9.78. The lowest BCUT2D eigenvalue weighted by atomic mass is 9.73. The molecule has 1 fully saturated rings. The molecule has 0 bridgehead atoms. The lowest BCUT2D eigenvalue weighted by Gasteiger charge is -2.39. The highest BCUT2D eigenvalue weighted by Crippen LogP contribution is 2.39. The molecule has 142 valence electrons. The molecule has 26 heavy (non-hydrogen) atoms. The number of likely N-dealkylation sites (tertiary alicyclic amines) is 1. The fraction of sp³-hybridized carbons (Fsp3) is 0.619. The molecule has 0 radical (unpaired) electrons. The first-order valence-corrected chi connectivity index (χ1v) is 9.78. The minimum atomic E-state index is -0.681. The van der Waals surface area contributed by atoms with E-state index in [1.165, 1.54) is 18.4 Å². The molecule has 1 N–H and O–H groups in total. The number of benzene rings is 1. The predicted octanol–water partition coefficient (Wildman–Crippen LogP) is 3.85. The second-order valence-corrected chi connectivity index (χ2v) is 7.82. The standard InChI is InChI=1S/C21H30N2O3/c1-3-4-11-23-12-9-21(10-13-23,20(24)25)15-18-14-19(22-26-18)17-7-5-16(2)6-8-17/h5-8,18H,3-4,9-15H2,1-2H3,(H,24,25)/t18-/m1/s1. The van der Waals surface area contributed by atoms with Gasteiger partial charge in [0.1, 0.15) is 6.10 Å². The van der Waals surface area contributed by atoms with Gasteiger partial charge >= 0.3 is 5.97 Å². The number of carboxylic acids is 1. The number of unbranched alkanes of at least 4 members (excludes halogenated alkanes) is 1. The number of carbonyl (C=O) groups is 1. The van der Waals surface area contributed by atoms with E-state index in [9.17, 15) is 9.90 Å². The Bertz CT molecular complexity index is 646. The van der Waals surface area contributed by atoms with Crippen LogP contribution in [0.3, 0.4) is 0 Å². The summed E-state index contributed by atoms with van der Waals surface area (Å²) in [6, 6.07) is 8.24. The SMILES string of the molecule is CCCCN1CCC(C[C@H]2CC(c3ccc(C)cc3)=NO2)(C(=O)O)CC1. The lowest BCUT2D eigenvalue weighted by Crippen LogP contribution is -2.46. The highest BCUT2D eigenvalue weighted by atomic mass is 16.6. The summed E-state index contributed by atoms with van der Waals surface area (Å²) in [5.41, 5.74) is 2.53. The van der Waals surface area contributed by atoms with Gasteiger partial charge in [-0.25, -0.2) is 0 Å². The Kier molecular flexibility index (Phi) is 5.97. The van der Waals surface area contributed by atoms with Gasteiger partial charge in [-0.1, -0.05) is 48.3 Å². The quantitative estimate of drug-likeness (QED) is 0.804. The van der Waals surface area contributed by atoms with E-state index in [0.717, 1.165) is 30.9 Å². The van der Waals surface area contributed by atoms with E-state index in [0.29, 0.717) is 25.7 Å². The molecule has 1 aromatic carbocycles. The van der Waals surface area contributed by atoms with Gasteiger partial charge in [-0.3, -0.25) is 4.79 Å². The summed E-state index contributed by atoms with van der Waals surface area (Å²) in [6.45, 7) is 7.06. The van der Waals surface area contributed by atoms with Crippen LogP contribution in [0.5, 0.6) is 0 Å². The summed E-state index contributed by atoms with van der Waals surface area (Å²) in [6.07, 6.45) is 4.86. The van der Waals surface area contributed by atoms with Gasteiger partial charge in [-0.2, -0.15) is 0 Å². The zero-order chi connectivity index (χ0) is 18.6. The number of hydrogen-bond donors (Lipinski definition) is 1. The summed E-state index contributed by atoms with van der Waals surface area (Å²) >= 11 is 0. The van der Waals surface area contributed by atoms with Crippen molar-refractivity contribution in [2.24, 2.45) is 10.6 Å². The molecule has 2 aliphatic rings. The second kappa shape index (κ2) is 8.21. The van der Waals surface area contributed by atoms with E-state index in [-0.39, 0.29) is 6.10 Å². The molecular formula is C21H30N2O3. The van der Waals surface area contributed by atoms with Crippen LogP contribution in [0.25, 0.3) is 0 Å². The molecular weight excluding hydrogens is 328 g/mol. The largest absolute Gasteiger partial charge is 0.481 e. The second-order valence-electron chi connectivity index (χ2n) is 7.82. The first kappa shape index (κ1) is 18.9. The van der Waals surface area contributed by atoms with Crippen LogP contribution in [-0.2, 0) is 9.63 Å². The molecule has 0 spiro atoms. The topological polar surface area (TPSA) is 62.1 Å². The van der Waals surface area contributed by atoms with E-state index >= 15 is 0 Å². The van der Waals surface area contributed by atoms with Crippen molar-refractivity contribution in [3.63, 3.8) is 0 Å². The Balaban J connectivity index is 1.58. The van der Waals surface area contributed by atoms with Crippen molar-refractivity contribution in [2.75, 3.05) is 19.6 Å². The van der Waals surface area contributed by atoms with Gasteiger partial charge in [-0.15, -0.1) is 0 Å². The molecule has 0 aromatic heterocycles. The lowest BCUT2D eigenvalue weighted by molar-refractivity contribution is -0.155. The molecule has 0 aliphatic carbocycles. The Hall–Kier alpha value is -1.88. The van der Waals surface area contributed by atoms with Gasteiger partial charge in [-0.05, 0) is 51.4 Å². The summed E-state index contributed by atoms with van der Waals surface area (Å²) < 4.78 is 0. The number of piperidine rings is 1. The maximum atomic E-state index is 12.1. The smallest absolute Gasteiger partial charge is 0.309 e. The highest BCUT2D eigenvalue weighted by molar-refractivity contribution is 6.01. The number of oxime groups is 1. The Morgan fingerprint density at radius 3 is 2.62 bits per heavy atom. The number of hydrogen-bond acceptors (Lipinski definition) is 4. The summed E-state index contributed by atoms with van der Waals surface area (Å²) in [7, 11) is 0. The maximum absolute atomic E-state index is 12.1. The summed E-state index contributed by atoms with van der Waals surface area (Å²) in [5, 5.41) is 14.2. The number of aliphatic carboxylic acids is 1.